The van der Waals surface area contributed by atoms with E-state index in [1.54, 1.807) is 0 Å². The van der Waals surface area contributed by atoms with Crippen molar-refractivity contribution in [3.05, 3.63) is 204 Å². The van der Waals surface area contributed by atoms with Crippen molar-refractivity contribution in [3.8, 4) is 22.3 Å². The average molecular weight is 961 g/mol. The van der Waals surface area contributed by atoms with Crippen LogP contribution in [0.2, 0.25) is 0 Å². The first kappa shape index (κ1) is 50.1. The van der Waals surface area contributed by atoms with Gasteiger partial charge in [-0.2, -0.15) is 105 Å². The molecule has 0 radical (unpaired) electrons. The molecule has 0 saturated heterocycles. The number of fused-ring (bicyclic) bond motifs is 3. The summed E-state index contributed by atoms with van der Waals surface area (Å²) in [5.41, 5.74) is 6.85. The van der Waals surface area contributed by atoms with Gasteiger partial charge in [0.15, 0.2) is 0 Å². The summed E-state index contributed by atoms with van der Waals surface area (Å²) in [6.45, 7) is 13.9. The monoisotopic (exact) mass is 958 g/mol. The van der Waals surface area contributed by atoms with Crippen LogP contribution in [0.3, 0.4) is 0 Å². The van der Waals surface area contributed by atoms with Gasteiger partial charge in [-0.25, -0.2) is 12.1 Å². The van der Waals surface area contributed by atoms with Gasteiger partial charge in [0, 0.05) is 0 Å². The SMILES string of the molecule is CC(C)(C)c1cc2c(cc1-c1ccccc1)[cH-]c1cc(-c3ccccc3)c(C(C)(C)C)cc12.FC(F)(F)c1c[c-]ccc1.FC(F)(F)c1c[c-]ccc1.[CH2]=[Zr]([Cl])[Cl].c1cc[cH-]c1. The molecule has 9 heteroatoms. The van der Waals surface area contributed by atoms with Crippen LogP contribution in [0.15, 0.2) is 170 Å². The van der Waals surface area contributed by atoms with Crippen molar-refractivity contribution >= 4 is 42.8 Å². The summed E-state index contributed by atoms with van der Waals surface area (Å²) >= 11 is -1.85. The number of hydrogen-bond donors (Lipinski definition) is 0. The van der Waals surface area contributed by atoms with Crippen LogP contribution in [0.5, 0.6) is 0 Å². The van der Waals surface area contributed by atoms with Crippen LogP contribution >= 0.6 is 17.0 Å². The zero-order valence-corrected chi connectivity index (χ0v) is 39.4. The third kappa shape index (κ3) is 15.1. The molecule has 0 nitrogen and oxygen atoms in total. The predicted molar refractivity (Wildman–Crippen MR) is 247 cm³/mol. The number of hydrogen-bond acceptors (Lipinski definition) is 0. The molecule has 62 heavy (non-hydrogen) atoms. The summed E-state index contributed by atoms with van der Waals surface area (Å²) in [6.07, 6.45) is -8.48. The van der Waals surface area contributed by atoms with E-state index in [0.717, 1.165) is 24.3 Å². The quantitative estimate of drug-likeness (QED) is 0.120. The van der Waals surface area contributed by atoms with Gasteiger partial charge in [-0.3, -0.25) is 0 Å². The minimum atomic E-state index is -4.24. The Kier molecular flexibility index (Phi) is 17.9. The van der Waals surface area contributed by atoms with Gasteiger partial charge in [0.25, 0.3) is 0 Å². The zero-order valence-electron chi connectivity index (χ0n) is 35.4. The van der Waals surface area contributed by atoms with Crippen molar-refractivity contribution in [3.63, 3.8) is 0 Å². The molecule has 0 bridgehead atoms. The third-order valence-electron chi connectivity index (χ3n) is 9.39. The molecule has 0 atom stereocenters. The molecule has 0 amide bonds. The Morgan fingerprint density at radius 1 is 0.516 bits per heavy atom. The molecule has 0 aromatic heterocycles. The maximum atomic E-state index is 11.8. The van der Waals surface area contributed by atoms with Crippen molar-refractivity contribution in [1.82, 2.24) is 0 Å². The van der Waals surface area contributed by atoms with Crippen LogP contribution in [-0.2, 0) is 42.1 Å². The molecule has 0 aliphatic carbocycles. The smallest absolute Gasteiger partial charge is 0.172 e. The number of alkyl halides is 6. The van der Waals surface area contributed by atoms with E-state index < -0.39 is 42.4 Å². The first-order valence-electron chi connectivity index (χ1n) is 19.6. The molecule has 0 N–H and O–H groups in total. The first-order chi connectivity index (χ1) is 29.1. The van der Waals surface area contributed by atoms with Crippen molar-refractivity contribution in [2.75, 3.05) is 0 Å². The molecule has 8 rings (SSSR count). The summed E-state index contributed by atoms with van der Waals surface area (Å²) < 4.78 is 74.0. The fourth-order valence-electron chi connectivity index (χ4n) is 6.52. The summed E-state index contributed by atoms with van der Waals surface area (Å²) in [6, 6.07) is 57.7. The number of halogens is 8. The number of benzene rings is 6. The van der Waals surface area contributed by atoms with Gasteiger partial charge in [0.2, 0.25) is 0 Å². The van der Waals surface area contributed by atoms with Crippen LogP contribution in [0, 0.1) is 12.1 Å². The van der Waals surface area contributed by atoms with E-state index in [9.17, 15) is 26.3 Å². The minimum absolute atomic E-state index is 0.0554. The number of rotatable bonds is 2. The molecular formula is C53H48Cl2F6Zr-4. The van der Waals surface area contributed by atoms with E-state index in [-0.39, 0.29) is 10.8 Å². The second-order valence-electron chi connectivity index (χ2n) is 16.2. The second-order valence-corrected chi connectivity index (χ2v) is 24.4. The molecule has 0 heterocycles. The minimum Gasteiger partial charge on any atom is -0.214 e. The normalized spacial score (nSPS) is 11.5. The largest absolute Gasteiger partial charge is 0.214 e. The Hall–Kier alpha value is -4.55. The van der Waals surface area contributed by atoms with E-state index in [2.05, 4.69) is 149 Å². The van der Waals surface area contributed by atoms with Crippen molar-refractivity contribution in [1.29, 1.82) is 0 Å². The Morgan fingerprint density at radius 2 is 0.871 bits per heavy atom. The van der Waals surface area contributed by atoms with Crippen LogP contribution in [0.4, 0.5) is 26.3 Å². The Labute approximate surface area is 376 Å². The van der Waals surface area contributed by atoms with Crippen molar-refractivity contribution in [2.24, 2.45) is 0 Å². The summed E-state index contributed by atoms with van der Waals surface area (Å²) in [4.78, 5) is 0. The van der Waals surface area contributed by atoms with Crippen LogP contribution in [0.1, 0.15) is 63.8 Å². The predicted octanol–water partition coefficient (Wildman–Crippen LogP) is 17.4. The van der Waals surface area contributed by atoms with Gasteiger partial charge in [0.1, 0.15) is 0 Å². The standard InChI is InChI=1S/C33H33.2C7H4F3.C5H5.CH2.2ClH.Zr/c1-32(2,3)30-20-26-24(18-28(30)22-13-9-7-10-14-22)17-25-19-29(23-15-11-8-12-16-23)31(21-27(25)26)33(4,5)6;2*8-7(9,10)6-4-2-1-3-5-6;1-2-4-5-3-1;;;;/h7-21H,1-6H3;2*1-2,4-5H;1-5H;1H2;2*1H;/q4*-1;;;;+2/p-2. The summed E-state index contributed by atoms with van der Waals surface area (Å²) in [7, 11) is 10.3. The van der Waals surface area contributed by atoms with Gasteiger partial charge in [0.05, 0.1) is 0 Å². The Morgan fingerprint density at radius 3 is 1.11 bits per heavy atom. The van der Waals surface area contributed by atoms with E-state index in [1.807, 2.05) is 30.3 Å². The van der Waals surface area contributed by atoms with Gasteiger partial charge in [-0.15, -0.1) is 39.7 Å². The molecule has 0 aliphatic heterocycles. The summed E-state index contributed by atoms with van der Waals surface area (Å²) in [5, 5.41) is 5.36. The fraction of sp³-hybridized carbons (Fsp3) is 0.189. The Bertz CT molecular complexity index is 2380. The molecule has 324 valence electrons. The van der Waals surface area contributed by atoms with E-state index in [0.29, 0.717) is 0 Å². The fourth-order valence-corrected chi connectivity index (χ4v) is 6.52. The summed E-state index contributed by atoms with van der Waals surface area (Å²) in [5.74, 6) is 0. The van der Waals surface area contributed by atoms with Crippen LogP contribution in [-0.4, -0.2) is 4.21 Å². The zero-order chi connectivity index (χ0) is 45.7. The van der Waals surface area contributed by atoms with Crippen molar-refractivity contribution < 1.29 is 45.2 Å². The molecule has 0 fully saturated rings. The van der Waals surface area contributed by atoms with E-state index >= 15 is 0 Å². The van der Waals surface area contributed by atoms with Crippen LogP contribution in [0.25, 0.3) is 43.8 Å². The van der Waals surface area contributed by atoms with Crippen molar-refractivity contribution in [2.45, 2.75) is 64.7 Å². The maximum Gasteiger partial charge on any atom is -0.172 e. The molecule has 0 aliphatic rings. The Balaban J connectivity index is 0.000000234. The molecule has 0 spiro atoms. The molecule has 0 saturated carbocycles. The molecule has 0 unspecified atom stereocenters. The first-order valence-corrected chi connectivity index (χ1v) is 27.7. The topological polar surface area (TPSA) is 0 Å². The van der Waals surface area contributed by atoms with Crippen LogP contribution < -0.4 is 0 Å². The molecular weight excluding hydrogens is 913 g/mol. The molecule has 8 aromatic rings. The third-order valence-corrected chi connectivity index (χ3v) is 9.39. The van der Waals surface area contributed by atoms with E-state index in [4.69, 9.17) is 17.0 Å². The van der Waals surface area contributed by atoms with Gasteiger partial charge in [-0.05, 0) is 44.2 Å². The molecule has 8 aromatic carbocycles. The van der Waals surface area contributed by atoms with Gasteiger partial charge in [-0.1, -0.05) is 125 Å². The average Bonchev–Trinajstić information content (AvgIpc) is 3.92. The second kappa shape index (κ2) is 22.2. The maximum absolute atomic E-state index is 11.8. The van der Waals surface area contributed by atoms with Gasteiger partial charge >= 0.3 is 52.5 Å². The van der Waals surface area contributed by atoms with Gasteiger partial charge < -0.3 is 0 Å². The van der Waals surface area contributed by atoms with E-state index in [1.165, 1.54) is 79.2 Å².